The number of rotatable bonds is 3. The molecule has 4 nitrogen and oxygen atoms in total. The third kappa shape index (κ3) is 2.42. The van der Waals surface area contributed by atoms with Gasteiger partial charge in [0, 0.05) is 13.2 Å². The lowest BCUT2D eigenvalue weighted by Gasteiger charge is -2.12. The zero-order chi connectivity index (χ0) is 10.6. The molecular weight excluding hydrogens is 187 g/mol. The van der Waals surface area contributed by atoms with Gasteiger partial charge in [0.1, 0.15) is 0 Å². The van der Waals surface area contributed by atoms with E-state index in [1.165, 1.54) is 32.3 Å². The molecule has 1 unspecified atom stereocenters. The third-order valence-electron chi connectivity index (χ3n) is 1.64. The first-order valence-electron chi connectivity index (χ1n) is 4.14. The summed E-state index contributed by atoms with van der Waals surface area (Å²) in [5.74, 6) is -1.06. The predicted molar refractivity (Wildman–Crippen MR) is 48.4 cm³/mol. The fourth-order valence-electron chi connectivity index (χ4n) is 0.906. The molecule has 0 aliphatic heterocycles. The van der Waals surface area contributed by atoms with Crippen molar-refractivity contribution in [3.05, 3.63) is 24.3 Å². The molecule has 76 valence electrons. The first-order valence-corrected chi connectivity index (χ1v) is 4.14. The van der Waals surface area contributed by atoms with Crippen LogP contribution in [0.15, 0.2) is 18.3 Å². The zero-order valence-corrected chi connectivity index (χ0v) is 7.95. The molecule has 0 bridgehead atoms. The Morgan fingerprint density at radius 1 is 1.71 bits per heavy atom. The number of nitrogens with one attached hydrogen (secondary N) is 1. The topological polar surface area (TPSA) is 51.2 Å². The lowest BCUT2D eigenvalue weighted by molar-refractivity contribution is -0.126. The second-order valence-corrected chi connectivity index (χ2v) is 2.67. The summed E-state index contributed by atoms with van der Waals surface area (Å²) in [7, 11) is 1.49. The highest BCUT2D eigenvalue weighted by atomic mass is 19.1. The molecule has 0 fully saturated rings. The van der Waals surface area contributed by atoms with Crippen LogP contribution in [0.4, 0.5) is 4.39 Å². The molecule has 0 aliphatic rings. The van der Waals surface area contributed by atoms with E-state index in [-0.39, 0.29) is 11.7 Å². The number of ether oxygens (including phenoxy) is 1. The fourth-order valence-corrected chi connectivity index (χ4v) is 0.906. The monoisotopic (exact) mass is 198 g/mol. The molecule has 1 aromatic rings. The lowest BCUT2D eigenvalue weighted by atomic mass is 10.3. The summed E-state index contributed by atoms with van der Waals surface area (Å²) in [6.45, 7) is 1.53. The Bertz CT molecular complexity index is 330. The summed E-state index contributed by atoms with van der Waals surface area (Å²) >= 11 is 0. The average molecular weight is 198 g/mol. The Kier molecular flexibility index (Phi) is 3.39. The van der Waals surface area contributed by atoms with E-state index in [0.717, 1.165) is 0 Å². The van der Waals surface area contributed by atoms with Crippen LogP contribution in [0.2, 0.25) is 0 Å². The molecule has 1 heterocycles. The summed E-state index contributed by atoms with van der Waals surface area (Å²) in [5, 5.41) is 2.40. The smallest absolute Gasteiger partial charge is 0.260 e. The number of carbonyl (C=O) groups is 1. The van der Waals surface area contributed by atoms with E-state index in [4.69, 9.17) is 4.74 Å². The van der Waals surface area contributed by atoms with Crippen LogP contribution in [-0.2, 0) is 4.79 Å². The van der Waals surface area contributed by atoms with Crippen LogP contribution < -0.4 is 10.1 Å². The first-order chi connectivity index (χ1) is 6.65. The minimum atomic E-state index is -0.737. The molecule has 0 spiro atoms. The molecule has 1 atom stereocenters. The Morgan fingerprint density at radius 2 is 2.43 bits per heavy atom. The summed E-state index contributed by atoms with van der Waals surface area (Å²) in [4.78, 5) is 14.4. The Hall–Kier alpha value is -1.65. The minimum absolute atomic E-state index is 0.0244. The van der Waals surface area contributed by atoms with Gasteiger partial charge in [-0.25, -0.2) is 4.98 Å². The summed E-state index contributed by atoms with van der Waals surface area (Å²) in [6.07, 6.45) is 0.575. The molecule has 0 aromatic carbocycles. The van der Waals surface area contributed by atoms with Crippen molar-refractivity contribution in [3.63, 3.8) is 0 Å². The van der Waals surface area contributed by atoms with Crippen molar-refractivity contribution in [3.8, 4) is 5.75 Å². The predicted octanol–water partition coefficient (Wildman–Crippen LogP) is 0.734. The second kappa shape index (κ2) is 4.55. The maximum absolute atomic E-state index is 12.9. The minimum Gasteiger partial charge on any atom is -0.476 e. The SMILES string of the molecule is CNC(=O)C(C)Oc1cccnc1F. The van der Waals surface area contributed by atoms with Crippen LogP contribution in [0.5, 0.6) is 5.75 Å². The maximum Gasteiger partial charge on any atom is 0.260 e. The fraction of sp³-hybridized carbons (Fsp3) is 0.333. The molecular formula is C9H11FN2O2. The van der Waals surface area contributed by atoms with Crippen molar-refractivity contribution in [1.82, 2.24) is 10.3 Å². The van der Waals surface area contributed by atoms with E-state index in [2.05, 4.69) is 10.3 Å². The molecule has 1 rings (SSSR count). The van der Waals surface area contributed by atoms with Gasteiger partial charge in [0.25, 0.3) is 11.9 Å². The maximum atomic E-state index is 12.9. The van der Waals surface area contributed by atoms with Crippen molar-refractivity contribution in [2.45, 2.75) is 13.0 Å². The second-order valence-electron chi connectivity index (χ2n) is 2.67. The van der Waals surface area contributed by atoms with Gasteiger partial charge in [-0.2, -0.15) is 4.39 Å². The number of hydrogen-bond donors (Lipinski definition) is 1. The van der Waals surface area contributed by atoms with E-state index in [9.17, 15) is 9.18 Å². The molecule has 0 saturated carbocycles. The summed E-state index contributed by atoms with van der Waals surface area (Å²) in [5.41, 5.74) is 0. The lowest BCUT2D eigenvalue weighted by Crippen LogP contribution is -2.33. The normalized spacial score (nSPS) is 11.9. The number of aromatic nitrogens is 1. The number of hydrogen-bond acceptors (Lipinski definition) is 3. The van der Waals surface area contributed by atoms with Crippen molar-refractivity contribution in [2.24, 2.45) is 0 Å². The van der Waals surface area contributed by atoms with Crippen molar-refractivity contribution < 1.29 is 13.9 Å². The van der Waals surface area contributed by atoms with Crippen LogP contribution in [0.1, 0.15) is 6.92 Å². The molecule has 14 heavy (non-hydrogen) atoms. The van der Waals surface area contributed by atoms with Gasteiger partial charge in [0.15, 0.2) is 11.9 Å². The van der Waals surface area contributed by atoms with Crippen molar-refractivity contribution >= 4 is 5.91 Å². The van der Waals surface area contributed by atoms with E-state index >= 15 is 0 Å². The number of nitrogens with zero attached hydrogens (tertiary/aromatic N) is 1. The van der Waals surface area contributed by atoms with E-state index in [1.54, 1.807) is 0 Å². The summed E-state index contributed by atoms with van der Waals surface area (Å²) < 4.78 is 18.0. The number of amides is 1. The molecule has 0 saturated heterocycles. The van der Waals surface area contributed by atoms with Crippen LogP contribution in [0.25, 0.3) is 0 Å². The van der Waals surface area contributed by atoms with Gasteiger partial charge < -0.3 is 10.1 Å². The molecule has 1 amide bonds. The molecule has 1 N–H and O–H groups in total. The quantitative estimate of drug-likeness (QED) is 0.728. The Morgan fingerprint density at radius 3 is 3.00 bits per heavy atom. The van der Waals surface area contributed by atoms with E-state index < -0.39 is 12.1 Å². The van der Waals surface area contributed by atoms with Crippen LogP contribution in [0, 0.1) is 5.95 Å². The van der Waals surface area contributed by atoms with Gasteiger partial charge >= 0.3 is 0 Å². The highest BCUT2D eigenvalue weighted by Crippen LogP contribution is 2.14. The number of likely N-dealkylation sites (N-methyl/N-ethyl adjacent to an activating group) is 1. The van der Waals surface area contributed by atoms with Crippen molar-refractivity contribution in [1.29, 1.82) is 0 Å². The zero-order valence-electron chi connectivity index (χ0n) is 7.95. The van der Waals surface area contributed by atoms with E-state index in [0.29, 0.717) is 0 Å². The molecule has 5 heteroatoms. The largest absolute Gasteiger partial charge is 0.476 e. The van der Waals surface area contributed by atoms with Gasteiger partial charge in [-0.05, 0) is 19.1 Å². The van der Waals surface area contributed by atoms with Gasteiger partial charge in [-0.3, -0.25) is 4.79 Å². The highest BCUT2D eigenvalue weighted by molar-refractivity contribution is 5.80. The van der Waals surface area contributed by atoms with Gasteiger partial charge in [0.2, 0.25) is 0 Å². The standard InChI is InChI=1S/C9H11FN2O2/c1-6(9(13)11-2)14-7-4-3-5-12-8(7)10/h3-6H,1-2H3,(H,11,13). The average Bonchev–Trinajstić information content (AvgIpc) is 2.20. The number of carbonyl (C=O) groups excluding carboxylic acids is 1. The molecule has 1 aromatic heterocycles. The van der Waals surface area contributed by atoms with Crippen LogP contribution in [-0.4, -0.2) is 24.0 Å². The van der Waals surface area contributed by atoms with Gasteiger partial charge in [-0.15, -0.1) is 0 Å². The third-order valence-corrected chi connectivity index (χ3v) is 1.64. The summed E-state index contributed by atoms with van der Waals surface area (Å²) in [6, 6.07) is 2.96. The number of halogens is 1. The molecule has 0 aliphatic carbocycles. The first kappa shape index (κ1) is 10.4. The van der Waals surface area contributed by atoms with E-state index in [1.807, 2.05) is 0 Å². The Labute approximate surface area is 81.1 Å². The molecule has 0 radical (unpaired) electrons. The van der Waals surface area contributed by atoms with Crippen molar-refractivity contribution in [2.75, 3.05) is 7.05 Å². The highest BCUT2D eigenvalue weighted by Gasteiger charge is 2.14. The number of pyridine rings is 1. The van der Waals surface area contributed by atoms with Gasteiger partial charge in [0.05, 0.1) is 0 Å². The van der Waals surface area contributed by atoms with Crippen LogP contribution >= 0.6 is 0 Å². The van der Waals surface area contributed by atoms with Gasteiger partial charge in [-0.1, -0.05) is 0 Å². The van der Waals surface area contributed by atoms with Crippen LogP contribution in [0.3, 0.4) is 0 Å². The Balaban J connectivity index is 2.69.